The van der Waals surface area contributed by atoms with E-state index in [0.29, 0.717) is 23.3 Å². The number of pyridine rings is 1. The normalized spacial score (nSPS) is 12.2. The fraction of sp³-hybridized carbons (Fsp3) is 0.171. The summed E-state index contributed by atoms with van der Waals surface area (Å²) in [5.74, 6) is -0.142. The van der Waals surface area contributed by atoms with Crippen LogP contribution in [0.1, 0.15) is 36.2 Å². The predicted molar refractivity (Wildman–Crippen MR) is 162 cm³/mol. The minimum Gasteiger partial charge on any atom is -0.451 e. The number of ketones is 1. The summed E-state index contributed by atoms with van der Waals surface area (Å²) in [6.07, 6.45) is -0.131. The first-order chi connectivity index (χ1) is 20.0. The highest BCUT2D eigenvalue weighted by Gasteiger charge is 2.29. The Balaban J connectivity index is 1.32. The number of Topliss-reactive ketones (excluding diaryl/α,β-unsaturated/α-hetero) is 1. The van der Waals surface area contributed by atoms with Gasteiger partial charge in [0.2, 0.25) is 0 Å². The van der Waals surface area contributed by atoms with E-state index in [2.05, 4.69) is 5.32 Å². The molecule has 0 saturated carbocycles. The molecule has 6 heteroatoms. The zero-order chi connectivity index (χ0) is 28.3. The molecular formula is C35H30N2O4. The Kier molecular flexibility index (Phi) is 7.21. The largest absolute Gasteiger partial charge is 0.451 e. The highest BCUT2D eigenvalue weighted by atomic mass is 16.6. The molecule has 41 heavy (non-hydrogen) atoms. The number of fused-ring (bicyclic) bond motifs is 3. The van der Waals surface area contributed by atoms with Crippen LogP contribution in [0, 0.1) is 5.92 Å². The number of amides is 1. The molecule has 1 atom stereocenters. The van der Waals surface area contributed by atoms with Gasteiger partial charge in [0.1, 0.15) is 5.58 Å². The maximum absolute atomic E-state index is 13.9. The predicted octanol–water partition coefficient (Wildman–Crippen LogP) is 7.99. The second-order valence-corrected chi connectivity index (χ2v) is 10.4. The topological polar surface area (TPSA) is 81.4 Å². The highest BCUT2D eigenvalue weighted by Crippen LogP contribution is 2.35. The summed E-state index contributed by atoms with van der Waals surface area (Å²) in [6, 6.07) is 32.4. The number of nitrogens with zero attached hydrogens (tertiary/aromatic N) is 1. The summed E-state index contributed by atoms with van der Waals surface area (Å²) in [5, 5.41) is 5.73. The van der Waals surface area contributed by atoms with Gasteiger partial charge in [-0.05, 0) is 30.5 Å². The van der Waals surface area contributed by atoms with Gasteiger partial charge in [-0.3, -0.25) is 9.59 Å². The standard InChI is InChI=1S/C35H30N2O4/c1-22(2)33(34(39)37-32-26-15-6-9-17-28(26)36-29-18-10-7-16-27(29)32)41-35-25(24-14-8-11-19-31(24)40-35)20-21-30(38)23-12-4-3-5-13-23/h3-19,22,33H,20-21H2,1-2H3,(H,36,37,39). The minimum absolute atomic E-state index is 0.0384. The number of aryl methyl sites for hydroxylation is 1. The van der Waals surface area contributed by atoms with Gasteiger partial charge in [-0.2, -0.15) is 0 Å². The van der Waals surface area contributed by atoms with E-state index in [1.54, 1.807) is 0 Å². The quantitative estimate of drug-likeness (QED) is 0.148. The third kappa shape index (κ3) is 5.29. The lowest BCUT2D eigenvalue weighted by Gasteiger charge is -2.22. The van der Waals surface area contributed by atoms with Crippen LogP contribution < -0.4 is 10.1 Å². The highest BCUT2D eigenvalue weighted by molar-refractivity contribution is 6.13. The molecule has 0 radical (unpaired) electrons. The molecule has 2 aromatic heterocycles. The van der Waals surface area contributed by atoms with Crippen molar-refractivity contribution in [1.29, 1.82) is 0 Å². The van der Waals surface area contributed by atoms with Crippen LogP contribution in [0.2, 0.25) is 0 Å². The Morgan fingerprint density at radius 1 is 0.780 bits per heavy atom. The van der Waals surface area contributed by atoms with Gasteiger partial charge in [0, 0.05) is 33.7 Å². The number of nitrogens with one attached hydrogen (secondary N) is 1. The first kappa shape index (κ1) is 26.3. The molecule has 6 rings (SSSR count). The van der Waals surface area contributed by atoms with Crippen LogP contribution in [0.5, 0.6) is 5.95 Å². The van der Waals surface area contributed by atoms with Crippen molar-refractivity contribution in [1.82, 2.24) is 4.98 Å². The number of aromatic nitrogens is 1. The SMILES string of the molecule is CC(C)C(Oc1oc2ccccc2c1CCC(=O)c1ccccc1)C(=O)Nc1c2ccccc2nc2ccccc12. The van der Waals surface area contributed by atoms with Crippen LogP contribution in [0.25, 0.3) is 32.8 Å². The zero-order valence-electron chi connectivity index (χ0n) is 23.0. The summed E-state index contributed by atoms with van der Waals surface area (Å²) in [7, 11) is 0. The molecule has 1 amide bonds. The van der Waals surface area contributed by atoms with Crippen LogP contribution in [0.4, 0.5) is 5.69 Å². The molecule has 1 unspecified atom stereocenters. The lowest BCUT2D eigenvalue weighted by Crippen LogP contribution is -2.37. The zero-order valence-corrected chi connectivity index (χ0v) is 23.0. The van der Waals surface area contributed by atoms with E-state index in [0.717, 1.165) is 32.8 Å². The first-order valence-electron chi connectivity index (χ1n) is 13.8. The maximum Gasteiger partial charge on any atom is 0.289 e. The van der Waals surface area contributed by atoms with Crippen molar-refractivity contribution >= 4 is 50.2 Å². The van der Waals surface area contributed by atoms with Crippen molar-refractivity contribution in [3.8, 4) is 5.95 Å². The van der Waals surface area contributed by atoms with Crippen molar-refractivity contribution in [2.24, 2.45) is 5.92 Å². The molecule has 6 aromatic rings. The van der Waals surface area contributed by atoms with Gasteiger partial charge in [0.05, 0.1) is 16.7 Å². The average molecular weight is 543 g/mol. The third-order valence-electron chi connectivity index (χ3n) is 7.29. The second-order valence-electron chi connectivity index (χ2n) is 10.4. The minimum atomic E-state index is -0.843. The number of benzene rings is 4. The fourth-order valence-electron chi connectivity index (χ4n) is 5.19. The number of ether oxygens (including phenoxy) is 1. The van der Waals surface area contributed by atoms with Crippen molar-refractivity contribution in [3.63, 3.8) is 0 Å². The second kappa shape index (κ2) is 11.3. The first-order valence-corrected chi connectivity index (χ1v) is 13.8. The van der Waals surface area contributed by atoms with Crippen LogP contribution in [-0.4, -0.2) is 22.8 Å². The lowest BCUT2D eigenvalue weighted by atomic mass is 10.0. The van der Waals surface area contributed by atoms with E-state index in [-0.39, 0.29) is 30.0 Å². The van der Waals surface area contributed by atoms with E-state index in [1.165, 1.54) is 0 Å². The molecule has 0 saturated heterocycles. The number of hydrogen-bond acceptors (Lipinski definition) is 5. The van der Waals surface area contributed by atoms with Crippen molar-refractivity contribution in [2.45, 2.75) is 32.8 Å². The van der Waals surface area contributed by atoms with Gasteiger partial charge in [-0.15, -0.1) is 0 Å². The molecule has 0 aliphatic heterocycles. The smallest absolute Gasteiger partial charge is 0.289 e. The number of furan rings is 1. The van der Waals surface area contributed by atoms with E-state index < -0.39 is 6.10 Å². The summed E-state index contributed by atoms with van der Waals surface area (Å²) in [5.41, 5.74) is 4.39. The van der Waals surface area contributed by atoms with Crippen LogP contribution >= 0.6 is 0 Å². The van der Waals surface area contributed by atoms with E-state index in [4.69, 9.17) is 14.1 Å². The van der Waals surface area contributed by atoms with Gasteiger partial charge < -0.3 is 14.5 Å². The summed E-state index contributed by atoms with van der Waals surface area (Å²) in [4.78, 5) is 31.5. The molecule has 0 fully saturated rings. The van der Waals surface area contributed by atoms with E-state index in [9.17, 15) is 9.59 Å². The van der Waals surface area contributed by atoms with Gasteiger partial charge in [0.25, 0.3) is 11.9 Å². The van der Waals surface area contributed by atoms with Crippen LogP contribution in [0.3, 0.4) is 0 Å². The molecule has 4 aromatic carbocycles. The molecule has 204 valence electrons. The number of carbonyl (C=O) groups is 2. The molecule has 0 bridgehead atoms. The lowest BCUT2D eigenvalue weighted by molar-refractivity contribution is -0.125. The Labute approximate surface area is 238 Å². The molecule has 0 aliphatic carbocycles. The number of anilines is 1. The number of carbonyl (C=O) groups excluding carboxylic acids is 2. The van der Waals surface area contributed by atoms with Crippen molar-refractivity contribution in [3.05, 3.63) is 114 Å². The molecule has 6 nitrogen and oxygen atoms in total. The summed E-state index contributed by atoms with van der Waals surface area (Å²) < 4.78 is 12.5. The van der Waals surface area contributed by atoms with Gasteiger partial charge >= 0.3 is 0 Å². The van der Waals surface area contributed by atoms with Crippen LogP contribution in [0.15, 0.2) is 108 Å². The van der Waals surface area contributed by atoms with Gasteiger partial charge in [-0.25, -0.2) is 4.98 Å². The molecule has 2 heterocycles. The van der Waals surface area contributed by atoms with E-state index >= 15 is 0 Å². The van der Waals surface area contributed by atoms with E-state index in [1.807, 2.05) is 117 Å². The monoisotopic (exact) mass is 542 g/mol. The van der Waals surface area contributed by atoms with Gasteiger partial charge in [-0.1, -0.05) is 98.8 Å². The summed E-state index contributed by atoms with van der Waals surface area (Å²) in [6.45, 7) is 3.88. The Bertz CT molecular complexity index is 1820. The number of hydrogen-bond donors (Lipinski definition) is 1. The average Bonchev–Trinajstić information content (AvgIpc) is 3.35. The Morgan fingerprint density at radius 2 is 1.37 bits per heavy atom. The molecular weight excluding hydrogens is 512 g/mol. The van der Waals surface area contributed by atoms with Gasteiger partial charge in [0.15, 0.2) is 11.9 Å². The third-order valence-corrected chi connectivity index (χ3v) is 7.29. The van der Waals surface area contributed by atoms with Crippen LogP contribution in [-0.2, 0) is 11.2 Å². The van der Waals surface area contributed by atoms with Crippen molar-refractivity contribution < 1.29 is 18.7 Å². The molecule has 0 spiro atoms. The molecule has 0 aliphatic rings. The Morgan fingerprint density at radius 3 is 2.02 bits per heavy atom. The number of rotatable bonds is 9. The Hall–Kier alpha value is -4.97. The molecule has 1 N–H and O–H groups in total. The summed E-state index contributed by atoms with van der Waals surface area (Å²) >= 11 is 0. The maximum atomic E-state index is 13.9. The fourth-order valence-corrected chi connectivity index (χ4v) is 5.19. The number of para-hydroxylation sites is 3. The van der Waals surface area contributed by atoms with Crippen molar-refractivity contribution in [2.75, 3.05) is 5.32 Å².